The molecule has 0 saturated heterocycles. The van der Waals surface area contributed by atoms with Crippen LogP contribution in [0.1, 0.15) is 37.1 Å². The molecule has 1 heterocycles. The Morgan fingerprint density at radius 1 is 1.50 bits per heavy atom. The highest BCUT2D eigenvalue weighted by atomic mass is 16.5. The van der Waals surface area contributed by atoms with E-state index < -0.39 is 0 Å². The van der Waals surface area contributed by atoms with Gasteiger partial charge in [-0.2, -0.15) is 0 Å². The third-order valence-corrected chi connectivity index (χ3v) is 3.56. The molecule has 110 valence electrons. The summed E-state index contributed by atoms with van der Waals surface area (Å²) < 4.78 is 5.57. The van der Waals surface area contributed by atoms with Crippen molar-refractivity contribution in [2.24, 2.45) is 5.73 Å². The second kappa shape index (κ2) is 6.22. The smallest absolute Gasteiger partial charge is 0.139 e. The number of fused-ring (bicyclic) bond motifs is 1. The van der Waals surface area contributed by atoms with Crippen LogP contribution in [0.4, 0.5) is 5.82 Å². The van der Waals surface area contributed by atoms with Crippen molar-refractivity contribution >= 4 is 11.7 Å². The van der Waals surface area contributed by atoms with Gasteiger partial charge in [0, 0.05) is 19.3 Å². The van der Waals surface area contributed by atoms with E-state index in [1.807, 2.05) is 31.9 Å². The van der Waals surface area contributed by atoms with Gasteiger partial charge in [0.25, 0.3) is 0 Å². The fraction of sp³-hybridized carbons (Fsp3) is 0.600. The number of nitrogens with two attached hydrogens (primary N) is 1. The Hall–Kier alpha value is -1.62. The summed E-state index contributed by atoms with van der Waals surface area (Å²) in [6, 6.07) is 2.03. The summed E-state index contributed by atoms with van der Waals surface area (Å²) in [7, 11) is 1.97. The van der Waals surface area contributed by atoms with Crippen LogP contribution in [0.15, 0.2) is 6.07 Å². The molecule has 0 unspecified atom stereocenters. The third kappa shape index (κ3) is 3.28. The van der Waals surface area contributed by atoms with Gasteiger partial charge in [0.15, 0.2) is 0 Å². The number of rotatable bonds is 6. The Balaban J connectivity index is 2.18. The maximum atomic E-state index is 7.76. The maximum Gasteiger partial charge on any atom is 0.139 e. The van der Waals surface area contributed by atoms with Crippen LogP contribution < -0.4 is 10.6 Å². The van der Waals surface area contributed by atoms with Gasteiger partial charge in [-0.15, -0.1) is 0 Å². The Morgan fingerprint density at radius 2 is 2.25 bits per heavy atom. The van der Waals surface area contributed by atoms with Crippen LogP contribution in [0.2, 0.25) is 0 Å². The van der Waals surface area contributed by atoms with Crippen LogP contribution in [-0.2, 0) is 17.6 Å². The SMILES string of the molecule is CC(C)OCCN(C)c1nc2c(cc1C(=N)N)CCC2. The average molecular weight is 276 g/mol. The summed E-state index contributed by atoms with van der Waals surface area (Å²) in [6.45, 7) is 5.43. The number of amidine groups is 1. The van der Waals surface area contributed by atoms with Crippen LogP contribution in [-0.4, -0.2) is 37.1 Å². The molecule has 0 fully saturated rings. The number of aromatic nitrogens is 1. The molecule has 0 atom stereocenters. The molecule has 5 heteroatoms. The summed E-state index contributed by atoms with van der Waals surface area (Å²) in [5, 5.41) is 7.76. The topological polar surface area (TPSA) is 75.2 Å². The highest BCUT2D eigenvalue weighted by Crippen LogP contribution is 2.26. The first kappa shape index (κ1) is 14.8. The van der Waals surface area contributed by atoms with Crippen molar-refractivity contribution in [3.05, 3.63) is 22.9 Å². The summed E-state index contributed by atoms with van der Waals surface area (Å²) in [5.74, 6) is 0.879. The molecular weight excluding hydrogens is 252 g/mol. The largest absolute Gasteiger partial charge is 0.384 e. The van der Waals surface area contributed by atoms with Crippen LogP contribution in [0.5, 0.6) is 0 Å². The van der Waals surface area contributed by atoms with E-state index in [1.54, 1.807) is 0 Å². The summed E-state index contributed by atoms with van der Waals surface area (Å²) in [5.41, 5.74) is 8.84. The lowest BCUT2D eigenvalue weighted by Crippen LogP contribution is -2.28. The van der Waals surface area contributed by atoms with E-state index >= 15 is 0 Å². The van der Waals surface area contributed by atoms with E-state index in [0.717, 1.165) is 42.9 Å². The van der Waals surface area contributed by atoms with Crippen LogP contribution in [0.3, 0.4) is 0 Å². The molecule has 0 aliphatic heterocycles. The molecule has 3 N–H and O–H groups in total. The van der Waals surface area contributed by atoms with Crippen LogP contribution in [0, 0.1) is 5.41 Å². The molecular formula is C15H24N4O. The lowest BCUT2D eigenvalue weighted by molar-refractivity contribution is 0.0845. The molecule has 0 saturated carbocycles. The Bertz CT molecular complexity index is 499. The highest BCUT2D eigenvalue weighted by Gasteiger charge is 2.19. The van der Waals surface area contributed by atoms with Crippen molar-refractivity contribution in [3.8, 4) is 0 Å². The van der Waals surface area contributed by atoms with Crippen molar-refractivity contribution in [3.63, 3.8) is 0 Å². The molecule has 0 spiro atoms. The standard InChI is InChI=1S/C15H24N4O/c1-10(2)20-8-7-19(3)15-12(14(16)17)9-11-5-4-6-13(11)18-15/h9-10H,4-8H2,1-3H3,(H3,16,17). The number of pyridine rings is 1. The predicted molar refractivity (Wildman–Crippen MR) is 81.6 cm³/mol. The zero-order chi connectivity index (χ0) is 14.7. The zero-order valence-corrected chi connectivity index (χ0v) is 12.6. The van der Waals surface area contributed by atoms with Crippen molar-refractivity contribution in [1.82, 2.24) is 4.98 Å². The number of hydrogen-bond donors (Lipinski definition) is 2. The van der Waals surface area contributed by atoms with Crippen LogP contribution in [0.25, 0.3) is 0 Å². The van der Waals surface area contributed by atoms with Gasteiger partial charge in [0.1, 0.15) is 11.7 Å². The molecule has 20 heavy (non-hydrogen) atoms. The van der Waals surface area contributed by atoms with E-state index in [4.69, 9.17) is 20.9 Å². The molecule has 0 radical (unpaired) electrons. The van der Waals surface area contributed by atoms with E-state index in [2.05, 4.69) is 0 Å². The molecule has 0 amide bonds. The van der Waals surface area contributed by atoms with Gasteiger partial charge in [-0.3, -0.25) is 5.41 Å². The molecule has 5 nitrogen and oxygen atoms in total. The Kier molecular flexibility index (Phi) is 4.60. The van der Waals surface area contributed by atoms with Crippen molar-refractivity contribution < 1.29 is 4.74 Å². The van der Waals surface area contributed by atoms with E-state index in [1.165, 1.54) is 5.56 Å². The number of anilines is 1. The second-order valence-electron chi connectivity index (χ2n) is 5.57. The number of hydrogen-bond acceptors (Lipinski definition) is 4. The first-order chi connectivity index (χ1) is 9.49. The number of nitrogen functional groups attached to an aromatic ring is 1. The molecule has 1 aromatic heterocycles. The number of aryl methyl sites for hydroxylation is 2. The lowest BCUT2D eigenvalue weighted by Gasteiger charge is -2.22. The van der Waals surface area contributed by atoms with Crippen LogP contribution >= 0.6 is 0 Å². The Morgan fingerprint density at radius 3 is 2.90 bits per heavy atom. The average Bonchev–Trinajstić information content (AvgIpc) is 2.83. The van der Waals surface area contributed by atoms with Gasteiger partial charge >= 0.3 is 0 Å². The van der Waals surface area contributed by atoms with E-state index in [9.17, 15) is 0 Å². The molecule has 1 aliphatic rings. The summed E-state index contributed by atoms with van der Waals surface area (Å²) in [6.07, 6.45) is 3.44. The second-order valence-corrected chi connectivity index (χ2v) is 5.57. The summed E-state index contributed by atoms with van der Waals surface area (Å²) >= 11 is 0. The quantitative estimate of drug-likeness (QED) is 0.613. The molecule has 0 bridgehead atoms. The summed E-state index contributed by atoms with van der Waals surface area (Å²) in [4.78, 5) is 6.75. The normalized spacial score (nSPS) is 13.6. The molecule has 1 aromatic rings. The minimum absolute atomic E-state index is 0.0822. The monoisotopic (exact) mass is 276 g/mol. The number of ether oxygens (including phenoxy) is 1. The number of likely N-dealkylation sites (N-methyl/N-ethyl adjacent to an activating group) is 1. The molecule has 1 aliphatic carbocycles. The van der Waals surface area contributed by atoms with Crippen molar-refractivity contribution in [2.75, 3.05) is 25.1 Å². The van der Waals surface area contributed by atoms with Gasteiger partial charge in [-0.05, 0) is 44.7 Å². The van der Waals surface area contributed by atoms with Gasteiger partial charge in [0.05, 0.1) is 18.3 Å². The van der Waals surface area contributed by atoms with Gasteiger partial charge in [0.2, 0.25) is 0 Å². The fourth-order valence-corrected chi connectivity index (χ4v) is 2.48. The first-order valence-corrected chi connectivity index (χ1v) is 7.19. The van der Waals surface area contributed by atoms with Crippen molar-refractivity contribution in [1.29, 1.82) is 5.41 Å². The van der Waals surface area contributed by atoms with E-state index in [0.29, 0.717) is 6.61 Å². The first-order valence-electron chi connectivity index (χ1n) is 7.19. The van der Waals surface area contributed by atoms with Gasteiger partial charge in [-0.25, -0.2) is 4.98 Å². The van der Waals surface area contributed by atoms with E-state index in [-0.39, 0.29) is 11.9 Å². The molecule has 2 rings (SSSR count). The highest BCUT2D eigenvalue weighted by molar-refractivity contribution is 5.99. The number of nitrogens with zero attached hydrogens (tertiary/aromatic N) is 2. The third-order valence-electron chi connectivity index (χ3n) is 3.56. The maximum absolute atomic E-state index is 7.76. The fourth-order valence-electron chi connectivity index (χ4n) is 2.48. The Labute approximate surface area is 120 Å². The lowest BCUT2D eigenvalue weighted by atomic mass is 10.1. The predicted octanol–water partition coefficient (Wildman–Crippen LogP) is 1.72. The van der Waals surface area contributed by atoms with Gasteiger partial charge < -0.3 is 15.4 Å². The molecule has 0 aromatic carbocycles. The minimum Gasteiger partial charge on any atom is -0.384 e. The number of nitrogens with one attached hydrogen (secondary N) is 1. The van der Waals surface area contributed by atoms with Gasteiger partial charge in [-0.1, -0.05) is 0 Å². The van der Waals surface area contributed by atoms with Crippen molar-refractivity contribution in [2.45, 2.75) is 39.2 Å². The minimum atomic E-state index is 0.0822. The zero-order valence-electron chi connectivity index (χ0n) is 12.6.